The number of benzene rings is 2. The summed E-state index contributed by atoms with van der Waals surface area (Å²) < 4.78 is 18.6. The zero-order valence-corrected chi connectivity index (χ0v) is 13.7. The molecule has 24 heavy (non-hydrogen) atoms. The summed E-state index contributed by atoms with van der Waals surface area (Å²) in [6, 6.07) is 12.0. The number of piperidine rings is 1. The molecule has 1 amide bonds. The van der Waals surface area contributed by atoms with Crippen molar-refractivity contribution in [2.75, 3.05) is 30.4 Å². The minimum absolute atomic E-state index is 0.124. The quantitative estimate of drug-likeness (QED) is 0.919. The summed E-state index contributed by atoms with van der Waals surface area (Å²) in [7, 11) is 1.39. The number of carbonyl (C=O) groups excluding carboxylic acids is 1. The minimum atomic E-state index is -0.549. The van der Waals surface area contributed by atoms with Crippen molar-refractivity contribution in [1.29, 1.82) is 0 Å². The highest BCUT2D eigenvalue weighted by atomic mass is 19.1. The molecule has 1 fully saturated rings. The predicted octanol–water partition coefficient (Wildman–Crippen LogP) is 4.08. The van der Waals surface area contributed by atoms with Crippen LogP contribution >= 0.6 is 0 Å². The molecule has 1 heterocycles. The van der Waals surface area contributed by atoms with Crippen molar-refractivity contribution >= 4 is 17.3 Å². The molecule has 4 nitrogen and oxygen atoms in total. The average molecular weight is 328 g/mol. The van der Waals surface area contributed by atoms with E-state index in [4.69, 9.17) is 4.74 Å². The highest BCUT2D eigenvalue weighted by Gasteiger charge is 2.13. The van der Waals surface area contributed by atoms with Crippen molar-refractivity contribution in [3.8, 4) is 5.75 Å². The summed E-state index contributed by atoms with van der Waals surface area (Å²) >= 11 is 0. The third-order valence-corrected chi connectivity index (χ3v) is 4.24. The summed E-state index contributed by atoms with van der Waals surface area (Å²) in [5, 5.41) is 2.83. The topological polar surface area (TPSA) is 41.6 Å². The third kappa shape index (κ3) is 3.67. The van der Waals surface area contributed by atoms with E-state index in [1.807, 2.05) is 24.3 Å². The van der Waals surface area contributed by atoms with Gasteiger partial charge in [0.15, 0.2) is 11.6 Å². The average Bonchev–Trinajstić information content (AvgIpc) is 2.62. The molecule has 2 aromatic rings. The fraction of sp³-hybridized carbons (Fsp3) is 0.316. The Balaban J connectivity index is 1.73. The first-order valence-electron chi connectivity index (χ1n) is 8.17. The second-order valence-corrected chi connectivity index (χ2v) is 5.90. The number of amides is 1. The van der Waals surface area contributed by atoms with Crippen LogP contribution in [0, 0.1) is 5.82 Å². The molecule has 0 spiro atoms. The Bertz CT molecular complexity index is 727. The van der Waals surface area contributed by atoms with Crippen LogP contribution < -0.4 is 15.0 Å². The maximum absolute atomic E-state index is 13.7. The fourth-order valence-electron chi connectivity index (χ4n) is 2.94. The Hall–Kier alpha value is -2.56. The summed E-state index contributed by atoms with van der Waals surface area (Å²) in [5.41, 5.74) is 2.07. The van der Waals surface area contributed by atoms with E-state index in [1.165, 1.54) is 38.5 Å². The minimum Gasteiger partial charge on any atom is -0.494 e. The van der Waals surface area contributed by atoms with Gasteiger partial charge >= 0.3 is 0 Å². The monoisotopic (exact) mass is 328 g/mol. The summed E-state index contributed by atoms with van der Waals surface area (Å²) in [6.45, 7) is 2.09. The third-order valence-electron chi connectivity index (χ3n) is 4.24. The highest BCUT2D eigenvalue weighted by Crippen LogP contribution is 2.24. The molecule has 3 rings (SSSR count). The lowest BCUT2D eigenvalue weighted by molar-refractivity contribution is 0.102. The van der Waals surface area contributed by atoms with Crippen LogP contribution in [0.15, 0.2) is 42.5 Å². The van der Waals surface area contributed by atoms with E-state index in [2.05, 4.69) is 10.2 Å². The second kappa shape index (κ2) is 7.34. The first kappa shape index (κ1) is 16.3. The molecule has 1 aliphatic heterocycles. The van der Waals surface area contributed by atoms with Crippen LogP contribution in [0.5, 0.6) is 5.75 Å². The van der Waals surface area contributed by atoms with Crippen LogP contribution in [0.3, 0.4) is 0 Å². The van der Waals surface area contributed by atoms with Crippen molar-refractivity contribution < 1.29 is 13.9 Å². The van der Waals surface area contributed by atoms with Crippen molar-refractivity contribution in [3.63, 3.8) is 0 Å². The van der Waals surface area contributed by atoms with Gasteiger partial charge in [0, 0.05) is 30.0 Å². The van der Waals surface area contributed by atoms with Gasteiger partial charge in [0.2, 0.25) is 0 Å². The Labute approximate surface area is 141 Å². The first-order chi connectivity index (χ1) is 11.7. The van der Waals surface area contributed by atoms with Crippen LogP contribution in [-0.4, -0.2) is 26.1 Å². The molecule has 0 bridgehead atoms. The van der Waals surface area contributed by atoms with Gasteiger partial charge < -0.3 is 15.0 Å². The van der Waals surface area contributed by atoms with E-state index >= 15 is 0 Å². The van der Waals surface area contributed by atoms with Gasteiger partial charge in [-0.1, -0.05) is 6.07 Å². The van der Waals surface area contributed by atoms with Gasteiger partial charge in [-0.3, -0.25) is 4.79 Å². The van der Waals surface area contributed by atoms with Gasteiger partial charge in [-0.15, -0.1) is 0 Å². The molecule has 1 saturated heterocycles. The van der Waals surface area contributed by atoms with Crippen molar-refractivity contribution in [3.05, 3.63) is 53.8 Å². The van der Waals surface area contributed by atoms with E-state index in [-0.39, 0.29) is 17.2 Å². The lowest BCUT2D eigenvalue weighted by Crippen LogP contribution is -2.29. The number of nitrogens with one attached hydrogen (secondary N) is 1. The zero-order valence-electron chi connectivity index (χ0n) is 13.7. The van der Waals surface area contributed by atoms with E-state index in [1.54, 1.807) is 6.07 Å². The number of halogens is 1. The second-order valence-electron chi connectivity index (χ2n) is 5.90. The molecule has 0 atom stereocenters. The van der Waals surface area contributed by atoms with Gasteiger partial charge in [0.25, 0.3) is 5.91 Å². The van der Waals surface area contributed by atoms with Gasteiger partial charge in [-0.25, -0.2) is 4.39 Å². The van der Waals surface area contributed by atoms with Crippen LogP contribution in [0.4, 0.5) is 15.8 Å². The Kier molecular flexibility index (Phi) is 4.99. The van der Waals surface area contributed by atoms with Gasteiger partial charge in [0.05, 0.1) is 7.11 Å². The summed E-state index contributed by atoms with van der Waals surface area (Å²) in [5.74, 6) is -0.766. The predicted molar refractivity (Wildman–Crippen MR) is 93.4 cm³/mol. The van der Waals surface area contributed by atoms with E-state index in [0.29, 0.717) is 5.69 Å². The van der Waals surface area contributed by atoms with Crippen LogP contribution in [-0.2, 0) is 0 Å². The van der Waals surface area contributed by atoms with Gasteiger partial charge in [-0.05, 0) is 55.7 Å². The van der Waals surface area contributed by atoms with Crippen LogP contribution in [0.2, 0.25) is 0 Å². The van der Waals surface area contributed by atoms with Crippen LogP contribution in [0.25, 0.3) is 0 Å². The number of anilines is 2. The molecule has 0 radical (unpaired) electrons. The molecule has 2 aromatic carbocycles. The van der Waals surface area contributed by atoms with E-state index in [9.17, 15) is 9.18 Å². The van der Waals surface area contributed by atoms with E-state index < -0.39 is 5.82 Å². The number of methoxy groups -OCH3 is 1. The number of hydrogen-bond acceptors (Lipinski definition) is 3. The first-order valence-corrected chi connectivity index (χ1v) is 8.17. The smallest absolute Gasteiger partial charge is 0.255 e. The molecule has 1 N–H and O–H groups in total. The number of rotatable bonds is 4. The van der Waals surface area contributed by atoms with Crippen molar-refractivity contribution in [2.24, 2.45) is 0 Å². The molecule has 0 aliphatic carbocycles. The highest BCUT2D eigenvalue weighted by molar-refractivity contribution is 6.04. The van der Waals surface area contributed by atoms with Crippen LogP contribution in [0.1, 0.15) is 29.6 Å². The lowest BCUT2D eigenvalue weighted by Gasteiger charge is -2.29. The molecule has 0 aromatic heterocycles. The molecule has 5 heteroatoms. The van der Waals surface area contributed by atoms with Gasteiger partial charge in [-0.2, -0.15) is 0 Å². The molecule has 0 saturated carbocycles. The molecular formula is C19H21FN2O2. The lowest BCUT2D eigenvalue weighted by atomic mass is 10.1. The molecular weight excluding hydrogens is 307 g/mol. The molecule has 0 unspecified atom stereocenters. The summed E-state index contributed by atoms with van der Waals surface area (Å²) in [6.07, 6.45) is 3.67. The van der Waals surface area contributed by atoms with Crippen molar-refractivity contribution in [1.82, 2.24) is 0 Å². The number of hydrogen-bond donors (Lipinski definition) is 1. The normalized spacial score (nSPS) is 14.3. The summed E-state index contributed by atoms with van der Waals surface area (Å²) in [4.78, 5) is 14.6. The van der Waals surface area contributed by atoms with Gasteiger partial charge in [0.1, 0.15) is 0 Å². The standard InChI is InChI=1S/C19H21FN2O2/c1-24-18-9-8-14(12-17(18)20)19(23)21-15-6-5-7-16(13-15)22-10-3-2-4-11-22/h5-9,12-13H,2-4,10-11H2,1H3,(H,21,23). The number of nitrogens with zero attached hydrogens (tertiary/aromatic N) is 1. The zero-order chi connectivity index (χ0) is 16.9. The number of carbonyl (C=O) groups is 1. The molecule has 1 aliphatic rings. The van der Waals surface area contributed by atoms with E-state index in [0.717, 1.165) is 18.8 Å². The van der Waals surface area contributed by atoms with Crippen molar-refractivity contribution in [2.45, 2.75) is 19.3 Å². The number of ether oxygens (including phenoxy) is 1. The Morgan fingerprint density at radius 3 is 2.62 bits per heavy atom. The Morgan fingerprint density at radius 1 is 1.12 bits per heavy atom. The largest absolute Gasteiger partial charge is 0.494 e. The molecule has 126 valence electrons. The Morgan fingerprint density at radius 2 is 1.92 bits per heavy atom. The SMILES string of the molecule is COc1ccc(C(=O)Nc2cccc(N3CCCCC3)c2)cc1F. The fourth-order valence-corrected chi connectivity index (χ4v) is 2.94. The maximum Gasteiger partial charge on any atom is 0.255 e. The maximum atomic E-state index is 13.7.